The Balaban J connectivity index is 2.25. The minimum absolute atomic E-state index is 0.232. The van der Waals surface area contributed by atoms with Crippen LogP contribution >= 0.6 is 11.3 Å². The van der Waals surface area contributed by atoms with E-state index in [1.165, 1.54) is 15.3 Å². The number of carboxylic acid groups (broad SMARTS) is 1. The molecule has 0 aliphatic heterocycles. The number of carbonyl (C=O) groups is 2. The molecule has 1 aliphatic carbocycles. The van der Waals surface area contributed by atoms with E-state index in [1.807, 2.05) is 19.9 Å². The van der Waals surface area contributed by atoms with Crippen LogP contribution in [-0.2, 0) is 22.4 Å². The first kappa shape index (κ1) is 14.1. The van der Waals surface area contributed by atoms with Gasteiger partial charge in [0.1, 0.15) is 6.04 Å². The summed E-state index contributed by atoms with van der Waals surface area (Å²) in [5.41, 5.74) is 1.28. The van der Waals surface area contributed by atoms with Crippen LogP contribution in [-0.4, -0.2) is 23.5 Å². The molecule has 0 bridgehead atoms. The van der Waals surface area contributed by atoms with Crippen molar-refractivity contribution in [3.05, 3.63) is 16.5 Å². The smallest absolute Gasteiger partial charge is 0.326 e. The van der Waals surface area contributed by atoms with Crippen LogP contribution in [0.3, 0.4) is 0 Å². The molecular formula is C14H19NO3S. The van der Waals surface area contributed by atoms with E-state index in [0.29, 0.717) is 12.8 Å². The van der Waals surface area contributed by atoms with Gasteiger partial charge in [0.15, 0.2) is 0 Å². The fraction of sp³-hybridized carbons (Fsp3) is 0.571. The number of anilines is 1. The minimum Gasteiger partial charge on any atom is -0.480 e. The maximum absolute atomic E-state index is 11.4. The third kappa shape index (κ3) is 2.97. The average molecular weight is 281 g/mol. The maximum atomic E-state index is 11.4. The molecule has 1 amide bonds. The second-order valence-electron chi connectivity index (χ2n) is 5.38. The number of hydrogen-bond donors (Lipinski definition) is 1. The molecular weight excluding hydrogens is 262 g/mol. The van der Waals surface area contributed by atoms with Crippen molar-refractivity contribution in [3.8, 4) is 0 Å². The van der Waals surface area contributed by atoms with E-state index in [1.54, 1.807) is 11.3 Å². The summed E-state index contributed by atoms with van der Waals surface area (Å²) in [4.78, 5) is 25.4. The molecule has 0 saturated heterocycles. The lowest BCUT2D eigenvalue weighted by atomic mass is 10.0. The maximum Gasteiger partial charge on any atom is 0.326 e. The van der Waals surface area contributed by atoms with Crippen molar-refractivity contribution < 1.29 is 14.7 Å². The molecule has 0 fully saturated rings. The summed E-state index contributed by atoms with van der Waals surface area (Å²) < 4.78 is 0. The lowest BCUT2D eigenvalue weighted by Crippen LogP contribution is -2.41. The Bertz CT molecular complexity index is 460. The molecule has 104 valence electrons. The summed E-state index contributed by atoms with van der Waals surface area (Å²) in [6.07, 6.45) is 4.38. The van der Waals surface area contributed by atoms with Crippen LogP contribution in [0.5, 0.6) is 0 Å². The minimum atomic E-state index is -0.936. The van der Waals surface area contributed by atoms with Crippen molar-refractivity contribution in [2.24, 2.45) is 5.92 Å². The topological polar surface area (TPSA) is 57.6 Å². The fourth-order valence-electron chi connectivity index (χ4n) is 2.50. The highest BCUT2D eigenvalue weighted by Crippen LogP contribution is 2.36. The van der Waals surface area contributed by atoms with E-state index in [-0.39, 0.29) is 5.92 Å². The van der Waals surface area contributed by atoms with Gasteiger partial charge in [0.05, 0.1) is 5.00 Å². The van der Waals surface area contributed by atoms with Crippen molar-refractivity contribution in [1.29, 1.82) is 0 Å². The number of carboxylic acids is 1. The molecule has 0 spiro atoms. The van der Waals surface area contributed by atoms with E-state index in [2.05, 4.69) is 0 Å². The number of nitrogens with zero attached hydrogens (tertiary/aromatic N) is 1. The fourth-order valence-corrected chi connectivity index (χ4v) is 3.77. The van der Waals surface area contributed by atoms with Crippen molar-refractivity contribution >= 4 is 28.7 Å². The number of aryl methyl sites for hydroxylation is 2. The number of amides is 1. The molecule has 1 aromatic heterocycles. The first-order valence-corrected chi connectivity index (χ1v) is 7.42. The lowest BCUT2D eigenvalue weighted by Gasteiger charge is -2.25. The van der Waals surface area contributed by atoms with E-state index < -0.39 is 12.0 Å². The summed E-state index contributed by atoms with van der Waals surface area (Å²) in [5.74, 6) is -0.704. The Labute approximate surface area is 117 Å². The molecule has 19 heavy (non-hydrogen) atoms. The molecule has 5 heteroatoms. The molecule has 0 radical (unpaired) electrons. The van der Waals surface area contributed by atoms with Gasteiger partial charge < -0.3 is 5.11 Å². The molecule has 1 heterocycles. The summed E-state index contributed by atoms with van der Waals surface area (Å²) in [6.45, 7) is 3.93. The van der Waals surface area contributed by atoms with E-state index >= 15 is 0 Å². The van der Waals surface area contributed by atoms with Crippen LogP contribution in [0, 0.1) is 5.92 Å². The predicted molar refractivity (Wildman–Crippen MR) is 75.8 cm³/mol. The van der Waals surface area contributed by atoms with Crippen LogP contribution in [0.4, 0.5) is 5.00 Å². The Kier molecular flexibility index (Phi) is 4.24. The van der Waals surface area contributed by atoms with Gasteiger partial charge in [-0.25, -0.2) is 4.79 Å². The molecule has 1 atom stereocenters. The number of thiophene rings is 1. The van der Waals surface area contributed by atoms with Gasteiger partial charge in [-0.05, 0) is 43.2 Å². The van der Waals surface area contributed by atoms with Crippen molar-refractivity contribution in [2.75, 3.05) is 4.90 Å². The third-order valence-electron chi connectivity index (χ3n) is 3.42. The molecule has 2 rings (SSSR count). The highest BCUT2D eigenvalue weighted by atomic mass is 32.1. The van der Waals surface area contributed by atoms with E-state index in [4.69, 9.17) is 0 Å². The second kappa shape index (κ2) is 5.74. The molecule has 4 nitrogen and oxygen atoms in total. The van der Waals surface area contributed by atoms with Crippen molar-refractivity contribution in [1.82, 2.24) is 0 Å². The van der Waals surface area contributed by atoms with Crippen LogP contribution in [0.2, 0.25) is 0 Å². The van der Waals surface area contributed by atoms with E-state index in [0.717, 1.165) is 24.3 Å². The number of aliphatic carboxylic acids is 1. The Morgan fingerprint density at radius 2 is 2.26 bits per heavy atom. The van der Waals surface area contributed by atoms with Crippen LogP contribution in [0.15, 0.2) is 6.07 Å². The van der Waals surface area contributed by atoms with E-state index in [9.17, 15) is 14.7 Å². The summed E-state index contributed by atoms with van der Waals surface area (Å²) >= 11 is 1.56. The number of hydrogen-bond acceptors (Lipinski definition) is 3. The molecule has 1 aromatic rings. The molecule has 0 aromatic carbocycles. The van der Waals surface area contributed by atoms with Gasteiger partial charge in [-0.1, -0.05) is 13.8 Å². The normalized spacial score (nSPS) is 15.3. The number of fused-ring (bicyclic) bond motifs is 1. The Morgan fingerprint density at radius 1 is 1.53 bits per heavy atom. The summed E-state index contributed by atoms with van der Waals surface area (Å²) in [6, 6.07) is 1.22. The van der Waals surface area contributed by atoms with Gasteiger partial charge in [-0.15, -0.1) is 11.3 Å². The van der Waals surface area contributed by atoms with Gasteiger partial charge in [0.25, 0.3) is 0 Å². The standard InChI is InChI=1S/C14H19NO3S/c1-9(2)6-11(14(17)18)15(8-16)13-7-10-4-3-5-12(10)19-13/h7-9,11H,3-6H2,1-2H3,(H,17,18). The van der Waals surface area contributed by atoms with Crippen molar-refractivity contribution in [3.63, 3.8) is 0 Å². The highest BCUT2D eigenvalue weighted by Gasteiger charge is 2.29. The van der Waals surface area contributed by atoms with Gasteiger partial charge >= 0.3 is 5.97 Å². The molecule has 1 aliphatic rings. The summed E-state index contributed by atoms with van der Waals surface area (Å²) in [5, 5.41) is 10.1. The number of carbonyl (C=O) groups excluding carboxylic acids is 1. The average Bonchev–Trinajstić information content (AvgIpc) is 2.88. The van der Waals surface area contributed by atoms with Gasteiger partial charge in [-0.3, -0.25) is 9.69 Å². The Morgan fingerprint density at radius 3 is 2.79 bits per heavy atom. The molecule has 1 unspecified atom stereocenters. The summed E-state index contributed by atoms with van der Waals surface area (Å²) in [7, 11) is 0. The second-order valence-corrected chi connectivity index (χ2v) is 6.50. The quantitative estimate of drug-likeness (QED) is 0.816. The largest absolute Gasteiger partial charge is 0.480 e. The molecule has 0 saturated carbocycles. The lowest BCUT2D eigenvalue weighted by molar-refractivity contribution is -0.139. The SMILES string of the molecule is CC(C)CC(C(=O)O)N(C=O)c1cc2c(s1)CCC2. The van der Waals surface area contributed by atoms with Crippen LogP contribution in [0.25, 0.3) is 0 Å². The van der Waals surface area contributed by atoms with Gasteiger partial charge in [0, 0.05) is 4.88 Å². The van der Waals surface area contributed by atoms with Crippen molar-refractivity contribution in [2.45, 2.75) is 45.6 Å². The van der Waals surface area contributed by atoms with Gasteiger partial charge in [-0.2, -0.15) is 0 Å². The monoisotopic (exact) mass is 281 g/mol. The zero-order chi connectivity index (χ0) is 14.0. The predicted octanol–water partition coefficient (Wildman–Crippen LogP) is 2.70. The highest BCUT2D eigenvalue weighted by molar-refractivity contribution is 7.16. The Hall–Kier alpha value is -1.36. The van der Waals surface area contributed by atoms with Crippen LogP contribution in [0.1, 0.15) is 37.1 Å². The first-order chi connectivity index (χ1) is 9.02. The zero-order valence-corrected chi connectivity index (χ0v) is 12.1. The molecule has 1 N–H and O–H groups in total. The van der Waals surface area contributed by atoms with Crippen LogP contribution < -0.4 is 4.90 Å². The van der Waals surface area contributed by atoms with Gasteiger partial charge in [0.2, 0.25) is 6.41 Å². The zero-order valence-electron chi connectivity index (χ0n) is 11.3. The first-order valence-electron chi connectivity index (χ1n) is 6.61. The number of rotatable bonds is 6. The third-order valence-corrected chi connectivity index (χ3v) is 4.67.